The zero-order valence-electron chi connectivity index (χ0n) is 15.4. The number of carbonyl (C=O) groups is 2. The first-order valence-electron chi connectivity index (χ1n) is 8.81. The monoisotopic (exact) mass is 375 g/mol. The average molecular weight is 375 g/mol. The average Bonchev–Trinajstić information content (AvgIpc) is 2.70. The highest BCUT2D eigenvalue weighted by molar-refractivity contribution is 5.92. The molecule has 0 aromatic heterocycles. The van der Waals surface area contributed by atoms with Crippen molar-refractivity contribution >= 4 is 34.6 Å². The Kier molecular flexibility index (Phi) is 6.25. The van der Waals surface area contributed by atoms with Crippen LogP contribution in [-0.2, 0) is 9.59 Å². The van der Waals surface area contributed by atoms with Gasteiger partial charge in [-0.3, -0.25) is 9.59 Å². The Balaban J connectivity index is 1.50. The van der Waals surface area contributed by atoms with Crippen LogP contribution in [0.25, 0.3) is 0 Å². The lowest BCUT2D eigenvalue weighted by Gasteiger charge is -2.10. The van der Waals surface area contributed by atoms with Crippen LogP contribution in [0.5, 0.6) is 5.75 Å². The molecule has 0 radical (unpaired) electrons. The summed E-state index contributed by atoms with van der Waals surface area (Å²) in [5.41, 5.74) is 3.20. The summed E-state index contributed by atoms with van der Waals surface area (Å²) < 4.78 is 5.43. The number of hydrogen-bond acceptors (Lipinski definition) is 4. The van der Waals surface area contributed by atoms with Gasteiger partial charge >= 0.3 is 0 Å². The fraction of sp³-hybridized carbons (Fsp3) is 0.0909. The van der Waals surface area contributed by atoms with Gasteiger partial charge in [0.05, 0.1) is 0 Å². The zero-order valence-corrected chi connectivity index (χ0v) is 15.4. The molecule has 142 valence electrons. The fourth-order valence-electron chi connectivity index (χ4n) is 2.51. The molecule has 3 aromatic carbocycles. The molecule has 2 amide bonds. The molecule has 0 unspecified atom stereocenters. The van der Waals surface area contributed by atoms with E-state index in [0.717, 1.165) is 17.1 Å². The van der Waals surface area contributed by atoms with Crippen molar-refractivity contribution in [3.63, 3.8) is 0 Å². The Morgan fingerprint density at radius 1 is 0.714 bits per heavy atom. The van der Waals surface area contributed by atoms with Gasteiger partial charge in [-0.05, 0) is 60.7 Å². The molecule has 3 aromatic rings. The van der Waals surface area contributed by atoms with E-state index in [1.54, 1.807) is 12.1 Å². The quantitative estimate of drug-likeness (QED) is 0.572. The maximum absolute atomic E-state index is 12.0. The smallest absolute Gasteiger partial charge is 0.262 e. The summed E-state index contributed by atoms with van der Waals surface area (Å²) in [7, 11) is 0. The van der Waals surface area contributed by atoms with E-state index in [0.29, 0.717) is 11.4 Å². The molecule has 0 aliphatic rings. The van der Waals surface area contributed by atoms with E-state index in [4.69, 9.17) is 4.74 Å². The predicted molar refractivity (Wildman–Crippen MR) is 111 cm³/mol. The summed E-state index contributed by atoms with van der Waals surface area (Å²) >= 11 is 0. The van der Waals surface area contributed by atoms with Crippen molar-refractivity contribution in [2.24, 2.45) is 0 Å². The van der Waals surface area contributed by atoms with Gasteiger partial charge in [0.2, 0.25) is 5.91 Å². The van der Waals surface area contributed by atoms with Crippen molar-refractivity contribution < 1.29 is 14.3 Å². The van der Waals surface area contributed by atoms with Gasteiger partial charge in [-0.25, -0.2) is 0 Å². The largest absolute Gasteiger partial charge is 0.484 e. The highest BCUT2D eigenvalue weighted by Gasteiger charge is 2.04. The van der Waals surface area contributed by atoms with Crippen LogP contribution in [0.15, 0.2) is 78.9 Å². The Bertz CT molecular complexity index is 924. The van der Waals surface area contributed by atoms with Crippen LogP contribution in [0.2, 0.25) is 0 Å². The van der Waals surface area contributed by atoms with E-state index in [1.165, 1.54) is 6.92 Å². The highest BCUT2D eigenvalue weighted by atomic mass is 16.5. The summed E-state index contributed by atoms with van der Waals surface area (Å²) in [6.07, 6.45) is 0. The molecule has 6 nitrogen and oxygen atoms in total. The molecular formula is C22H21N3O3. The van der Waals surface area contributed by atoms with Crippen molar-refractivity contribution in [1.82, 2.24) is 0 Å². The third kappa shape index (κ3) is 5.88. The van der Waals surface area contributed by atoms with E-state index in [-0.39, 0.29) is 18.4 Å². The van der Waals surface area contributed by atoms with Crippen molar-refractivity contribution in [1.29, 1.82) is 0 Å². The number of nitrogens with one attached hydrogen (secondary N) is 3. The van der Waals surface area contributed by atoms with Crippen molar-refractivity contribution in [2.75, 3.05) is 22.6 Å². The van der Waals surface area contributed by atoms with Gasteiger partial charge in [-0.2, -0.15) is 0 Å². The minimum atomic E-state index is -0.224. The van der Waals surface area contributed by atoms with Crippen LogP contribution in [0.4, 0.5) is 22.7 Å². The van der Waals surface area contributed by atoms with Crippen molar-refractivity contribution in [2.45, 2.75) is 6.92 Å². The number of rotatable bonds is 7. The number of benzene rings is 3. The van der Waals surface area contributed by atoms with Gasteiger partial charge in [0, 0.05) is 29.7 Å². The van der Waals surface area contributed by atoms with Crippen LogP contribution in [-0.4, -0.2) is 18.4 Å². The number of carbonyl (C=O) groups excluding carboxylic acids is 2. The Hall–Kier alpha value is -3.80. The first-order valence-corrected chi connectivity index (χ1v) is 8.81. The third-order valence-electron chi connectivity index (χ3n) is 3.78. The van der Waals surface area contributed by atoms with Crippen LogP contribution < -0.4 is 20.7 Å². The molecule has 0 atom stereocenters. The third-order valence-corrected chi connectivity index (χ3v) is 3.78. The standard InChI is InChI=1S/C22H21N3O3/c1-16(26)23-17-7-9-18(10-8-17)24-19-11-13-20(14-12-19)25-22(27)15-28-21-5-3-2-4-6-21/h2-14,24H,15H2,1H3,(H,23,26)(H,25,27). The van der Waals surface area contributed by atoms with Gasteiger partial charge in [0.25, 0.3) is 5.91 Å². The number of para-hydroxylation sites is 1. The topological polar surface area (TPSA) is 79.5 Å². The van der Waals surface area contributed by atoms with Crippen LogP contribution in [0.1, 0.15) is 6.92 Å². The fourth-order valence-corrected chi connectivity index (χ4v) is 2.51. The van der Waals surface area contributed by atoms with Crippen LogP contribution in [0, 0.1) is 0 Å². The van der Waals surface area contributed by atoms with Gasteiger partial charge in [-0.15, -0.1) is 0 Å². The first-order chi connectivity index (χ1) is 13.6. The summed E-state index contributed by atoms with van der Waals surface area (Å²) in [6.45, 7) is 1.42. The molecule has 0 spiro atoms. The first kappa shape index (κ1) is 19.0. The molecular weight excluding hydrogens is 354 g/mol. The zero-order chi connectivity index (χ0) is 19.8. The summed E-state index contributed by atoms with van der Waals surface area (Å²) in [5, 5.41) is 8.78. The number of hydrogen-bond donors (Lipinski definition) is 3. The van der Waals surface area contributed by atoms with Gasteiger partial charge in [-0.1, -0.05) is 18.2 Å². The Morgan fingerprint density at radius 3 is 1.75 bits per heavy atom. The Labute approximate surface area is 163 Å². The molecule has 0 heterocycles. The molecule has 0 saturated carbocycles. The molecule has 0 saturated heterocycles. The SMILES string of the molecule is CC(=O)Nc1ccc(Nc2ccc(NC(=O)COc3ccccc3)cc2)cc1. The summed E-state index contributed by atoms with van der Waals surface area (Å²) in [4.78, 5) is 23.0. The lowest BCUT2D eigenvalue weighted by atomic mass is 10.2. The molecule has 0 aliphatic heterocycles. The van der Waals surface area contributed by atoms with Gasteiger partial charge in [0.15, 0.2) is 6.61 Å². The predicted octanol–water partition coefficient (Wildman–Crippen LogP) is 4.41. The van der Waals surface area contributed by atoms with E-state index in [2.05, 4.69) is 16.0 Å². The second-order valence-electron chi connectivity index (χ2n) is 6.11. The number of anilines is 4. The van der Waals surface area contributed by atoms with Crippen molar-refractivity contribution in [3.8, 4) is 5.75 Å². The normalized spacial score (nSPS) is 10.0. The maximum atomic E-state index is 12.0. The molecule has 3 N–H and O–H groups in total. The van der Waals surface area contributed by atoms with E-state index < -0.39 is 0 Å². The lowest BCUT2D eigenvalue weighted by molar-refractivity contribution is -0.118. The minimum absolute atomic E-state index is 0.0509. The molecule has 6 heteroatoms. The minimum Gasteiger partial charge on any atom is -0.484 e. The maximum Gasteiger partial charge on any atom is 0.262 e. The summed E-state index contributed by atoms with van der Waals surface area (Å²) in [5.74, 6) is 0.326. The molecule has 0 bridgehead atoms. The number of ether oxygens (including phenoxy) is 1. The van der Waals surface area contributed by atoms with Crippen LogP contribution >= 0.6 is 0 Å². The second kappa shape index (κ2) is 9.23. The van der Waals surface area contributed by atoms with Gasteiger partial charge in [0.1, 0.15) is 5.75 Å². The highest BCUT2D eigenvalue weighted by Crippen LogP contribution is 2.20. The summed E-state index contributed by atoms with van der Waals surface area (Å²) in [6, 6.07) is 24.0. The lowest BCUT2D eigenvalue weighted by Crippen LogP contribution is -2.20. The van der Waals surface area contributed by atoms with E-state index in [1.807, 2.05) is 66.7 Å². The van der Waals surface area contributed by atoms with E-state index >= 15 is 0 Å². The molecule has 28 heavy (non-hydrogen) atoms. The van der Waals surface area contributed by atoms with Crippen LogP contribution in [0.3, 0.4) is 0 Å². The van der Waals surface area contributed by atoms with Gasteiger partial charge < -0.3 is 20.7 Å². The Morgan fingerprint density at radius 2 is 1.21 bits per heavy atom. The van der Waals surface area contributed by atoms with E-state index in [9.17, 15) is 9.59 Å². The van der Waals surface area contributed by atoms with Crippen molar-refractivity contribution in [3.05, 3.63) is 78.9 Å². The number of amides is 2. The molecule has 3 rings (SSSR count). The molecule has 0 aliphatic carbocycles. The second-order valence-corrected chi connectivity index (χ2v) is 6.11. The molecule has 0 fully saturated rings.